The van der Waals surface area contributed by atoms with Gasteiger partial charge in [0, 0.05) is 23.7 Å². The number of nitrogens with one attached hydrogen (secondary N) is 1. The molecule has 2 aromatic carbocycles. The number of benzene rings is 2. The molecule has 0 saturated carbocycles. The number of nitrogens with two attached hydrogens (primary N) is 1. The fourth-order valence-electron chi connectivity index (χ4n) is 3.06. The molecule has 8 nitrogen and oxygen atoms in total. The van der Waals surface area contributed by atoms with Crippen LogP contribution in [0.3, 0.4) is 0 Å². The van der Waals surface area contributed by atoms with Crippen LogP contribution in [-0.2, 0) is 9.84 Å². The predicted molar refractivity (Wildman–Crippen MR) is 131 cm³/mol. The number of anilines is 2. The number of hydrogen-bond donors (Lipinski definition) is 2. The monoisotopic (exact) mass is 493 g/mol. The van der Waals surface area contributed by atoms with Crippen molar-refractivity contribution in [3.05, 3.63) is 42.2 Å². The molecule has 0 fully saturated rings. The van der Waals surface area contributed by atoms with E-state index in [4.69, 9.17) is 10.5 Å². The maximum atomic E-state index is 13.3. The van der Waals surface area contributed by atoms with E-state index in [0.29, 0.717) is 16.7 Å². The third-order valence-electron chi connectivity index (χ3n) is 4.77. The summed E-state index contributed by atoms with van der Waals surface area (Å²) in [6, 6.07) is 9.03. The highest BCUT2D eigenvalue weighted by Crippen LogP contribution is 2.37. The number of halogens is 1. The molecular formula is C21H24ClN5O3S2. The van der Waals surface area contributed by atoms with Crippen LogP contribution in [-0.4, -0.2) is 41.3 Å². The number of rotatable bonds is 6. The topological polar surface area (TPSA) is 120 Å². The second-order valence-electron chi connectivity index (χ2n) is 7.95. The van der Waals surface area contributed by atoms with E-state index in [-0.39, 0.29) is 36.2 Å². The Morgan fingerprint density at radius 3 is 2.59 bits per heavy atom. The molecule has 0 atom stereocenters. The van der Waals surface area contributed by atoms with Gasteiger partial charge in [-0.25, -0.2) is 23.4 Å². The van der Waals surface area contributed by atoms with E-state index in [1.807, 2.05) is 18.2 Å². The van der Waals surface area contributed by atoms with Gasteiger partial charge in [0.05, 0.1) is 26.0 Å². The lowest BCUT2D eigenvalue weighted by atomic mass is 10.2. The highest BCUT2D eigenvalue weighted by molar-refractivity contribution is 7.92. The maximum absolute atomic E-state index is 13.3. The van der Waals surface area contributed by atoms with Crippen molar-refractivity contribution in [1.29, 1.82) is 0 Å². The first-order chi connectivity index (χ1) is 14.7. The number of thiazole rings is 1. The summed E-state index contributed by atoms with van der Waals surface area (Å²) < 4.78 is 32.3. The lowest BCUT2D eigenvalue weighted by Crippen LogP contribution is -2.28. The van der Waals surface area contributed by atoms with E-state index in [1.54, 1.807) is 49.8 Å². The van der Waals surface area contributed by atoms with E-state index < -0.39 is 14.6 Å². The summed E-state index contributed by atoms with van der Waals surface area (Å²) in [5.41, 5.74) is 9.59. The minimum absolute atomic E-state index is 0. The summed E-state index contributed by atoms with van der Waals surface area (Å²) in [4.78, 5) is 13.1. The van der Waals surface area contributed by atoms with Crippen LogP contribution in [0.15, 0.2) is 47.1 Å². The fourth-order valence-corrected chi connectivity index (χ4v) is 5.03. The summed E-state index contributed by atoms with van der Waals surface area (Å²) in [6.45, 7) is 5.43. The van der Waals surface area contributed by atoms with Crippen LogP contribution in [0.5, 0.6) is 5.75 Å². The molecule has 170 valence electrons. The molecule has 32 heavy (non-hydrogen) atoms. The molecule has 4 rings (SSSR count). The summed E-state index contributed by atoms with van der Waals surface area (Å²) in [7, 11) is -3.70. The summed E-state index contributed by atoms with van der Waals surface area (Å²) in [6.07, 6.45) is 1.43. The Balaban J connectivity index is 0.00000289. The minimum atomic E-state index is -3.70. The number of nitrogens with zero attached hydrogens (tertiary/aromatic N) is 3. The molecule has 0 radical (unpaired) electrons. The number of hydrogen-bond acceptors (Lipinski definition) is 9. The fraction of sp³-hybridized carbons (Fsp3) is 0.286. The molecule has 0 unspecified atom stereocenters. The molecule has 0 aliphatic rings. The molecule has 3 N–H and O–H groups in total. The molecule has 2 aromatic heterocycles. The SMILES string of the molecule is CC(C)(C)S(=O)(=O)c1cc2c(Nc3ccc4scnc4c3)ncnc2cc1OCCN.Cl. The minimum Gasteiger partial charge on any atom is -0.491 e. The van der Waals surface area contributed by atoms with Crippen LogP contribution in [0.1, 0.15) is 20.8 Å². The highest BCUT2D eigenvalue weighted by atomic mass is 35.5. The maximum Gasteiger partial charge on any atom is 0.186 e. The quantitative estimate of drug-likeness (QED) is 0.407. The van der Waals surface area contributed by atoms with Gasteiger partial charge >= 0.3 is 0 Å². The summed E-state index contributed by atoms with van der Waals surface area (Å²) in [5.74, 6) is 0.733. The van der Waals surface area contributed by atoms with E-state index in [0.717, 1.165) is 15.9 Å². The third-order valence-corrected chi connectivity index (χ3v) is 8.09. The molecule has 0 spiro atoms. The van der Waals surface area contributed by atoms with Crippen molar-refractivity contribution >= 4 is 66.2 Å². The smallest absolute Gasteiger partial charge is 0.186 e. The van der Waals surface area contributed by atoms with Gasteiger partial charge in [0.1, 0.15) is 29.4 Å². The molecular weight excluding hydrogens is 470 g/mol. The standard InChI is InChI=1S/C21H23N5O3S2.ClH/c1-21(2,3)31(27,28)19-9-14-15(10-17(19)29-7-6-22)23-11-24-20(14)26-13-4-5-18-16(8-13)25-12-30-18;/h4-5,8-12H,6-7,22H2,1-3H3,(H,23,24,26);1H. The Bertz CT molecular complexity index is 1370. The average Bonchev–Trinajstić information content (AvgIpc) is 3.19. The highest BCUT2D eigenvalue weighted by Gasteiger charge is 2.34. The number of fused-ring (bicyclic) bond motifs is 2. The van der Waals surface area contributed by atoms with Crippen molar-refractivity contribution in [2.75, 3.05) is 18.5 Å². The van der Waals surface area contributed by atoms with Crippen LogP contribution in [0.2, 0.25) is 0 Å². The van der Waals surface area contributed by atoms with Gasteiger partial charge in [-0.2, -0.15) is 0 Å². The van der Waals surface area contributed by atoms with E-state index in [9.17, 15) is 8.42 Å². The zero-order chi connectivity index (χ0) is 22.2. The van der Waals surface area contributed by atoms with Gasteiger partial charge in [0.2, 0.25) is 0 Å². The largest absolute Gasteiger partial charge is 0.491 e. The van der Waals surface area contributed by atoms with Gasteiger partial charge in [-0.3, -0.25) is 0 Å². The van der Waals surface area contributed by atoms with Crippen LogP contribution < -0.4 is 15.8 Å². The Labute approximate surface area is 196 Å². The number of aromatic nitrogens is 3. The first-order valence-corrected chi connectivity index (χ1v) is 12.0. The van der Waals surface area contributed by atoms with Crippen molar-refractivity contribution in [2.45, 2.75) is 30.4 Å². The Morgan fingerprint density at radius 2 is 1.88 bits per heavy atom. The zero-order valence-electron chi connectivity index (χ0n) is 17.8. The summed E-state index contributed by atoms with van der Waals surface area (Å²) in [5, 5.41) is 3.84. The van der Waals surface area contributed by atoms with Gasteiger partial charge < -0.3 is 15.8 Å². The van der Waals surface area contributed by atoms with Gasteiger partial charge in [-0.05, 0) is 45.0 Å². The Morgan fingerprint density at radius 1 is 1.09 bits per heavy atom. The molecule has 0 saturated heterocycles. The second kappa shape index (κ2) is 9.14. The Hall–Kier alpha value is -2.53. The van der Waals surface area contributed by atoms with Crippen molar-refractivity contribution in [3.63, 3.8) is 0 Å². The van der Waals surface area contributed by atoms with Gasteiger partial charge in [-0.15, -0.1) is 23.7 Å². The first-order valence-electron chi connectivity index (χ1n) is 9.67. The van der Waals surface area contributed by atoms with Crippen molar-refractivity contribution in [1.82, 2.24) is 15.0 Å². The normalized spacial score (nSPS) is 12.0. The predicted octanol–water partition coefficient (Wildman–Crippen LogP) is 4.31. The summed E-state index contributed by atoms with van der Waals surface area (Å²) >= 11 is 1.57. The van der Waals surface area contributed by atoms with Crippen LogP contribution in [0.4, 0.5) is 11.5 Å². The number of ether oxygens (including phenoxy) is 1. The van der Waals surface area contributed by atoms with Gasteiger partial charge in [-0.1, -0.05) is 0 Å². The molecule has 0 amide bonds. The second-order valence-corrected chi connectivity index (χ2v) is 11.5. The van der Waals surface area contributed by atoms with Crippen molar-refractivity contribution < 1.29 is 13.2 Å². The molecule has 4 aromatic rings. The van der Waals surface area contributed by atoms with Gasteiger partial charge in [0.25, 0.3) is 0 Å². The zero-order valence-corrected chi connectivity index (χ0v) is 20.3. The average molecular weight is 494 g/mol. The lowest BCUT2D eigenvalue weighted by molar-refractivity contribution is 0.320. The van der Waals surface area contributed by atoms with Gasteiger partial charge in [0.15, 0.2) is 9.84 Å². The van der Waals surface area contributed by atoms with E-state index >= 15 is 0 Å². The van der Waals surface area contributed by atoms with Crippen LogP contribution in [0.25, 0.3) is 21.1 Å². The third kappa shape index (κ3) is 4.49. The van der Waals surface area contributed by atoms with E-state index in [2.05, 4.69) is 20.3 Å². The molecule has 0 aliphatic heterocycles. The van der Waals surface area contributed by atoms with Crippen molar-refractivity contribution in [2.24, 2.45) is 5.73 Å². The molecule has 0 bridgehead atoms. The van der Waals surface area contributed by atoms with Crippen LogP contribution in [0, 0.1) is 0 Å². The first kappa shape index (κ1) is 24.1. The molecule has 11 heteroatoms. The lowest BCUT2D eigenvalue weighted by Gasteiger charge is -2.22. The molecule has 0 aliphatic carbocycles. The Kier molecular flexibility index (Phi) is 6.89. The van der Waals surface area contributed by atoms with Crippen LogP contribution >= 0.6 is 23.7 Å². The number of sulfone groups is 1. The van der Waals surface area contributed by atoms with E-state index in [1.165, 1.54) is 6.33 Å². The molecule has 2 heterocycles. The van der Waals surface area contributed by atoms with Crippen molar-refractivity contribution in [3.8, 4) is 5.75 Å².